The van der Waals surface area contributed by atoms with Gasteiger partial charge in [0, 0.05) is 17.8 Å². The van der Waals surface area contributed by atoms with Crippen LogP contribution in [0, 0.1) is 16.0 Å². The van der Waals surface area contributed by atoms with Gasteiger partial charge in [-0.3, -0.25) is 10.1 Å². The van der Waals surface area contributed by atoms with Crippen molar-refractivity contribution in [2.75, 3.05) is 5.73 Å². The number of nitrogen functional groups attached to an aromatic ring is 1. The lowest BCUT2D eigenvalue weighted by molar-refractivity contribution is -0.387. The molecule has 20 heavy (non-hydrogen) atoms. The summed E-state index contributed by atoms with van der Waals surface area (Å²) in [5.74, 6) is 0.462. The van der Waals surface area contributed by atoms with Crippen LogP contribution in [0.2, 0.25) is 0 Å². The number of hydrogen-bond acceptors (Lipinski definition) is 5. The highest BCUT2D eigenvalue weighted by Crippen LogP contribution is 2.29. The zero-order chi connectivity index (χ0) is 14.9. The zero-order valence-electron chi connectivity index (χ0n) is 11.1. The molecule has 2 atom stereocenters. The Kier molecular flexibility index (Phi) is 3.96. The predicted molar refractivity (Wildman–Crippen MR) is 74.6 cm³/mol. The SMILES string of the molecule is CC1CCC(NS(=O)(=O)c2ccc(N)cc2[N+](=O)[O-])C1. The number of hydrogen-bond donors (Lipinski definition) is 2. The fraction of sp³-hybridized carbons (Fsp3) is 0.500. The largest absolute Gasteiger partial charge is 0.399 e. The van der Waals surface area contributed by atoms with Crippen molar-refractivity contribution >= 4 is 21.4 Å². The fourth-order valence-corrected chi connectivity index (χ4v) is 3.94. The van der Waals surface area contributed by atoms with Gasteiger partial charge in [0.15, 0.2) is 4.90 Å². The van der Waals surface area contributed by atoms with Gasteiger partial charge >= 0.3 is 0 Å². The molecule has 1 fully saturated rings. The molecule has 110 valence electrons. The summed E-state index contributed by atoms with van der Waals surface area (Å²) in [6.45, 7) is 2.06. The minimum Gasteiger partial charge on any atom is -0.399 e. The first-order chi connectivity index (χ1) is 9.29. The van der Waals surface area contributed by atoms with Gasteiger partial charge in [0.1, 0.15) is 0 Å². The molecule has 0 amide bonds. The quantitative estimate of drug-likeness (QED) is 0.498. The molecule has 0 saturated heterocycles. The second-order valence-corrected chi connectivity index (χ2v) is 6.90. The van der Waals surface area contributed by atoms with E-state index in [0.717, 1.165) is 25.3 Å². The maximum atomic E-state index is 12.3. The molecule has 3 N–H and O–H groups in total. The molecule has 0 spiro atoms. The number of nitro groups is 1. The molecule has 1 saturated carbocycles. The number of nitrogens with one attached hydrogen (secondary N) is 1. The molecule has 1 aromatic carbocycles. The molecule has 0 aromatic heterocycles. The molecule has 2 rings (SSSR count). The van der Waals surface area contributed by atoms with E-state index in [1.165, 1.54) is 12.1 Å². The van der Waals surface area contributed by atoms with Crippen molar-refractivity contribution in [3.63, 3.8) is 0 Å². The summed E-state index contributed by atoms with van der Waals surface area (Å²) >= 11 is 0. The maximum absolute atomic E-state index is 12.3. The van der Waals surface area contributed by atoms with E-state index in [9.17, 15) is 18.5 Å². The van der Waals surface area contributed by atoms with Crippen molar-refractivity contribution in [3.05, 3.63) is 28.3 Å². The number of anilines is 1. The van der Waals surface area contributed by atoms with Gasteiger partial charge in [-0.15, -0.1) is 0 Å². The molecular weight excluding hydrogens is 282 g/mol. The highest BCUT2D eigenvalue weighted by molar-refractivity contribution is 7.89. The Morgan fingerprint density at radius 2 is 2.10 bits per heavy atom. The van der Waals surface area contributed by atoms with Crippen LogP contribution in [0.3, 0.4) is 0 Å². The van der Waals surface area contributed by atoms with E-state index in [-0.39, 0.29) is 16.6 Å². The van der Waals surface area contributed by atoms with Crippen LogP contribution >= 0.6 is 0 Å². The summed E-state index contributed by atoms with van der Waals surface area (Å²) in [5, 5.41) is 11.0. The van der Waals surface area contributed by atoms with Crippen LogP contribution in [-0.2, 0) is 10.0 Å². The lowest BCUT2D eigenvalue weighted by atomic mass is 10.1. The first-order valence-electron chi connectivity index (χ1n) is 6.36. The third kappa shape index (κ3) is 3.07. The Bertz CT molecular complexity index is 630. The van der Waals surface area contributed by atoms with E-state index in [4.69, 9.17) is 5.73 Å². The predicted octanol–water partition coefficient (Wildman–Crippen LogP) is 1.64. The van der Waals surface area contributed by atoms with Crippen molar-refractivity contribution in [3.8, 4) is 0 Å². The third-order valence-electron chi connectivity index (χ3n) is 3.49. The molecule has 8 heteroatoms. The van der Waals surface area contributed by atoms with E-state index in [1.807, 2.05) is 0 Å². The molecule has 1 aliphatic rings. The van der Waals surface area contributed by atoms with E-state index in [2.05, 4.69) is 11.6 Å². The van der Waals surface area contributed by atoms with Crippen LogP contribution in [0.1, 0.15) is 26.2 Å². The van der Waals surface area contributed by atoms with Crippen LogP contribution < -0.4 is 10.5 Å². The Morgan fingerprint density at radius 3 is 2.65 bits per heavy atom. The summed E-state index contributed by atoms with van der Waals surface area (Å²) < 4.78 is 27.1. The molecular formula is C12H17N3O4S. The van der Waals surface area contributed by atoms with Gasteiger partial charge in [0.2, 0.25) is 10.0 Å². The highest BCUT2D eigenvalue weighted by atomic mass is 32.2. The average molecular weight is 299 g/mol. The summed E-state index contributed by atoms with van der Waals surface area (Å²) in [4.78, 5) is 9.90. The van der Waals surface area contributed by atoms with Gasteiger partial charge in [-0.25, -0.2) is 13.1 Å². The van der Waals surface area contributed by atoms with Gasteiger partial charge < -0.3 is 5.73 Å². The number of nitrogens with two attached hydrogens (primary N) is 1. The van der Waals surface area contributed by atoms with Gasteiger partial charge in [0.25, 0.3) is 5.69 Å². The number of nitro benzene ring substituents is 1. The molecule has 1 aromatic rings. The molecule has 0 radical (unpaired) electrons. The summed E-state index contributed by atoms with van der Waals surface area (Å²) in [5.41, 5.74) is 5.13. The van der Waals surface area contributed by atoms with E-state index in [1.54, 1.807) is 0 Å². The molecule has 1 aliphatic carbocycles. The number of sulfonamides is 1. The first kappa shape index (κ1) is 14.7. The minimum atomic E-state index is -3.91. The van der Waals surface area contributed by atoms with Crippen molar-refractivity contribution in [2.24, 2.45) is 5.92 Å². The monoisotopic (exact) mass is 299 g/mol. The van der Waals surface area contributed by atoms with Crippen LogP contribution in [0.5, 0.6) is 0 Å². The molecule has 2 unspecified atom stereocenters. The van der Waals surface area contributed by atoms with E-state index >= 15 is 0 Å². The molecule has 7 nitrogen and oxygen atoms in total. The van der Waals surface area contributed by atoms with Crippen molar-refractivity contribution in [2.45, 2.75) is 37.1 Å². The van der Waals surface area contributed by atoms with Crippen LogP contribution in [0.25, 0.3) is 0 Å². The first-order valence-corrected chi connectivity index (χ1v) is 7.84. The Hall–Kier alpha value is -1.67. The van der Waals surface area contributed by atoms with Gasteiger partial charge in [-0.05, 0) is 37.3 Å². The van der Waals surface area contributed by atoms with Crippen molar-refractivity contribution in [1.82, 2.24) is 4.72 Å². The lowest BCUT2D eigenvalue weighted by Crippen LogP contribution is -2.33. The standard InChI is InChI=1S/C12H17N3O4S/c1-8-2-4-10(6-8)14-20(18,19)12-5-3-9(13)7-11(12)15(16)17/h3,5,7-8,10,14H,2,4,6,13H2,1H3. The topological polar surface area (TPSA) is 115 Å². The number of rotatable bonds is 4. The minimum absolute atomic E-state index is 0.158. The fourth-order valence-electron chi connectivity index (χ4n) is 2.50. The van der Waals surface area contributed by atoms with Crippen molar-refractivity contribution < 1.29 is 13.3 Å². The Morgan fingerprint density at radius 1 is 1.40 bits per heavy atom. The molecule has 0 heterocycles. The number of benzene rings is 1. The maximum Gasteiger partial charge on any atom is 0.291 e. The zero-order valence-corrected chi connectivity index (χ0v) is 11.9. The molecule has 0 bridgehead atoms. The van der Waals surface area contributed by atoms with E-state index < -0.39 is 20.6 Å². The average Bonchev–Trinajstić information content (AvgIpc) is 2.73. The van der Waals surface area contributed by atoms with Crippen LogP contribution in [0.4, 0.5) is 11.4 Å². The molecule has 0 aliphatic heterocycles. The van der Waals surface area contributed by atoms with Crippen LogP contribution in [-0.4, -0.2) is 19.4 Å². The summed E-state index contributed by atoms with van der Waals surface area (Å²) in [6, 6.07) is 3.42. The normalized spacial score (nSPS) is 22.9. The summed E-state index contributed by atoms with van der Waals surface area (Å²) in [7, 11) is -3.91. The van der Waals surface area contributed by atoms with Gasteiger partial charge in [-0.1, -0.05) is 6.92 Å². The van der Waals surface area contributed by atoms with E-state index in [0.29, 0.717) is 5.92 Å². The lowest BCUT2D eigenvalue weighted by Gasteiger charge is -2.13. The number of nitrogens with zero attached hydrogens (tertiary/aromatic N) is 1. The van der Waals surface area contributed by atoms with Crippen molar-refractivity contribution in [1.29, 1.82) is 0 Å². The Balaban J connectivity index is 2.32. The smallest absolute Gasteiger partial charge is 0.291 e. The van der Waals surface area contributed by atoms with Gasteiger partial charge in [-0.2, -0.15) is 0 Å². The second-order valence-electron chi connectivity index (χ2n) is 5.22. The third-order valence-corrected chi connectivity index (χ3v) is 5.05. The van der Waals surface area contributed by atoms with Crippen LogP contribution in [0.15, 0.2) is 23.1 Å². The highest BCUT2D eigenvalue weighted by Gasteiger charge is 2.31. The second kappa shape index (κ2) is 5.37. The summed E-state index contributed by atoms with van der Waals surface area (Å²) in [6.07, 6.45) is 2.46. The van der Waals surface area contributed by atoms with Gasteiger partial charge in [0.05, 0.1) is 4.92 Å². The Labute approximate surface area is 117 Å².